The molecule has 1 aliphatic rings. The number of phenols is 1. The van der Waals surface area contributed by atoms with Crippen LogP contribution in [-0.2, 0) is 0 Å². The van der Waals surface area contributed by atoms with Gasteiger partial charge in [-0.2, -0.15) is 0 Å². The lowest BCUT2D eigenvalue weighted by Gasteiger charge is -2.23. The van der Waals surface area contributed by atoms with E-state index in [9.17, 15) is 14.7 Å². The molecule has 8 heteroatoms. The van der Waals surface area contributed by atoms with Gasteiger partial charge in [-0.1, -0.05) is 17.7 Å². The molecule has 0 saturated carbocycles. The van der Waals surface area contributed by atoms with Crippen molar-refractivity contribution in [3.8, 4) is 11.5 Å². The van der Waals surface area contributed by atoms with Gasteiger partial charge in [-0.25, -0.2) is 4.98 Å². The second-order valence-electron chi connectivity index (χ2n) is 7.00. The van der Waals surface area contributed by atoms with E-state index in [1.165, 1.54) is 29.4 Å². The summed E-state index contributed by atoms with van der Waals surface area (Å²) in [6.45, 7) is 1.89. The van der Waals surface area contributed by atoms with Crippen LogP contribution in [-0.4, -0.2) is 23.1 Å². The maximum Gasteiger partial charge on any atom is 0.297 e. The van der Waals surface area contributed by atoms with Crippen LogP contribution in [0.3, 0.4) is 0 Å². The van der Waals surface area contributed by atoms with Gasteiger partial charge in [-0.3, -0.25) is 14.5 Å². The standard InChI is InChI=1S/C22H16N2O5S/c1-11-3-6-15-13(9-11)19(26)17-18(12-4-5-14(25)16(10-12)28-2)24(21(27)20(17)29-15)22-23-7-8-30-22/h3-10,18,25H,1-2H3/t18-/m1/s1. The van der Waals surface area contributed by atoms with E-state index in [2.05, 4.69) is 4.98 Å². The Morgan fingerprint density at radius 3 is 2.77 bits per heavy atom. The zero-order valence-electron chi connectivity index (χ0n) is 16.1. The number of aryl methyl sites for hydroxylation is 1. The fourth-order valence-corrected chi connectivity index (χ4v) is 4.47. The van der Waals surface area contributed by atoms with E-state index in [1.54, 1.807) is 35.8 Å². The lowest BCUT2D eigenvalue weighted by molar-refractivity contribution is 0.0971. The summed E-state index contributed by atoms with van der Waals surface area (Å²) in [7, 11) is 1.44. The molecule has 0 radical (unpaired) electrons. The van der Waals surface area contributed by atoms with E-state index in [4.69, 9.17) is 9.15 Å². The molecule has 1 atom stereocenters. The Balaban J connectivity index is 1.83. The van der Waals surface area contributed by atoms with Crippen LogP contribution >= 0.6 is 11.3 Å². The van der Waals surface area contributed by atoms with Crippen molar-refractivity contribution in [2.45, 2.75) is 13.0 Å². The molecular formula is C22H16N2O5S. The number of hydrogen-bond acceptors (Lipinski definition) is 7. The molecule has 7 nitrogen and oxygen atoms in total. The van der Waals surface area contributed by atoms with Gasteiger partial charge in [0.1, 0.15) is 5.58 Å². The minimum atomic E-state index is -0.755. The zero-order valence-corrected chi connectivity index (χ0v) is 16.9. The van der Waals surface area contributed by atoms with Crippen LogP contribution in [0.25, 0.3) is 11.0 Å². The van der Waals surface area contributed by atoms with Crippen molar-refractivity contribution in [3.63, 3.8) is 0 Å². The number of amides is 1. The largest absolute Gasteiger partial charge is 0.504 e. The van der Waals surface area contributed by atoms with Crippen molar-refractivity contribution in [2.24, 2.45) is 0 Å². The minimum Gasteiger partial charge on any atom is -0.504 e. The molecule has 1 amide bonds. The molecule has 0 spiro atoms. The highest BCUT2D eigenvalue weighted by Crippen LogP contribution is 2.43. The fraction of sp³-hybridized carbons (Fsp3) is 0.136. The Kier molecular flexibility index (Phi) is 4.11. The first-order chi connectivity index (χ1) is 14.5. The van der Waals surface area contributed by atoms with E-state index in [-0.39, 0.29) is 28.3 Å². The smallest absolute Gasteiger partial charge is 0.297 e. The predicted molar refractivity (Wildman–Crippen MR) is 113 cm³/mol. The first-order valence-corrected chi connectivity index (χ1v) is 10.0. The van der Waals surface area contributed by atoms with Crippen molar-refractivity contribution in [1.82, 2.24) is 4.98 Å². The molecular weight excluding hydrogens is 404 g/mol. The number of carbonyl (C=O) groups excluding carboxylic acids is 1. The number of methoxy groups -OCH3 is 1. The van der Waals surface area contributed by atoms with Gasteiger partial charge in [0.15, 0.2) is 22.1 Å². The molecule has 2 aromatic carbocycles. The lowest BCUT2D eigenvalue weighted by Crippen LogP contribution is -2.29. The molecule has 0 fully saturated rings. The fourth-order valence-electron chi connectivity index (χ4n) is 3.80. The molecule has 0 bridgehead atoms. The number of thiazole rings is 1. The minimum absolute atomic E-state index is 0.00333. The summed E-state index contributed by atoms with van der Waals surface area (Å²) in [4.78, 5) is 32.6. The molecule has 150 valence electrons. The Bertz CT molecular complexity index is 1360. The highest BCUT2D eigenvalue weighted by atomic mass is 32.1. The maximum atomic E-state index is 13.5. The van der Waals surface area contributed by atoms with Gasteiger partial charge in [0.05, 0.1) is 24.1 Å². The summed E-state index contributed by atoms with van der Waals surface area (Å²) in [6, 6.07) is 9.28. The molecule has 0 unspecified atom stereocenters. The Morgan fingerprint density at radius 1 is 1.20 bits per heavy atom. The number of anilines is 1. The van der Waals surface area contributed by atoms with E-state index >= 15 is 0 Å². The number of phenolic OH excluding ortho intramolecular Hbond substituents is 1. The Labute approximate surface area is 174 Å². The van der Waals surface area contributed by atoms with Gasteiger partial charge >= 0.3 is 0 Å². The average molecular weight is 420 g/mol. The summed E-state index contributed by atoms with van der Waals surface area (Å²) in [5.41, 5.74) is 1.87. The van der Waals surface area contributed by atoms with Gasteiger partial charge in [0.2, 0.25) is 5.76 Å². The van der Waals surface area contributed by atoms with Gasteiger partial charge in [-0.15, -0.1) is 11.3 Å². The van der Waals surface area contributed by atoms with Crippen LogP contribution in [0.15, 0.2) is 57.2 Å². The Morgan fingerprint density at radius 2 is 2.03 bits per heavy atom. The molecule has 1 N–H and O–H groups in total. The third-order valence-electron chi connectivity index (χ3n) is 5.17. The third kappa shape index (κ3) is 2.61. The highest BCUT2D eigenvalue weighted by molar-refractivity contribution is 7.13. The van der Waals surface area contributed by atoms with Gasteiger partial charge < -0.3 is 14.3 Å². The van der Waals surface area contributed by atoms with Gasteiger partial charge in [0, 0.05) is 11.6 Å². The second-order valence-corrected chi connectivity index (χ2v) is 7.87. The second kappa shape index (κ2) is 6.70. The number of hydrogen-bond donors (Lipinski definition) is 1. The third-order valence-corrected chi connectivity index (χ3v) is 5.94. The van der Waals surface area contributed by atoms with E-state index in [1.807, 2.05) is 13.0 Å². The SMILES string of the molecule is COc1cc([C@@H]2c3c(oc4ccc(C)cc4c3=O)C(=O)N2c2nccs2)ccc1O. The van der Waals surface area contributed by atoms with Crippen LogP contribution in [0.1, 0.15) is 33.3 Å². The number of carbonyl (C=O) groups is 1. The normalized spacial score (nSPS) is 15.6. The number of fused-ring (bicyclic) bond motifs is 2. The van der Waals surface area contributed by atoms with Crippen molar-refractivity contribution >= 4 is 33.3 Å². The van der Waals surface area contributed by atoms with E-state index < -0.39 is 11.9 Å². The highest BCUT2D eigenvalue weighted by Gasteiger charge is 2.44. The summed E-state index contributed by atoms with van der Waals surface area (Å²) in [5, 5.41) is 12.6. The quantitative estimate of drug-likeness (QED) is 0.538. The number of aromatic hydroxyl groups is 1. The molecule has 5 rings (SSSR count). The molecule has 30 heavy (non-hydrogen) atoms. The van der Waals surface area contributed by atoms with Crippen LogP contribution in [0.5, 0.6) is 11.5 Å². The Hall–Kier alpha value is -3.65. The van der Waals surface area contributed by atoms with Crippen molar-refractivity contribution in [3.05, 3.63) is 80.6 Å². The molecule has 3 heterocycles. The van der Waals surface area contributed by atoms with E-state index in [0.29, 0.717) is 21.7 Å². The summed E-state index contributed by atoms with van der Waals surface area (Å²) in [5.74, 6) is -0.221. The van der Waals surface area contributed by atoms with Crippen LogP contribution in [0, 0.1) is 6.92 Å². The molecule has 2 aromatic heterocycles. The number of benzene rings is 2. The average Bonchev–Trinajstić information content (AvgIpc) is 3.36. The van der Waals surface area contributed by atoms with Gasteiger partial charge in [-0.05, 0) is 36.8 Å². The molecule has 1 aliphatic heterocycles. The first-order valence-electron chi connectivity index (χ1n) is 9.17. The summed E-state index contributed by atoms with van der Waals surface area (Å²) >= 11 is 1.29. The number of rotatable bonds is 3. The molecule has 4 aromatic rings. The van der Waals surface area contributed by atoms with Crippen LogP contribution in [0.2, 0.25) is 0 Å². The number of ether oxygens (including phenoxy) is 1. The number of aromatic nitrogens is 1. The zero-order chi connectivity index (χ0) is 21.0. The van der Waals surface area contributed by atoms with E-state index in [0.717, 1.165) is 5.56 Å². The lowest BCUT2D eigenvalue weighted by atomic mass is 9.98. The number of nitrogens with zero attached hydrogens (tertiary/aromatic N) is 2. The molecule has 0 aliphatic carbocycles. The topological polar surface area (TPSA) is 92.9 Å². The van der Waals surface area contributed by atoms with Crippen LogP contribution in [0.4, 0.5) is 5.13 Å². The predicted octanol–water partition coefficient (Wildman–Crippen LogP) is 4.02. The van der Waals surface area contributed by atoms with Crippen LogP contribution < -0.4 is 15.1 Å². The maximum absolute atomic E-state index is 13.5. The molecule has 0 saturated heterocycles. The van der Waals surface area contributed by atoms with Crippen molar-refractivity contribution < 1.29 is 19.1 Å². The van der Waals surface area contributed by atoms with Crippen molar-refractivity contribution in [1.29, 1.82) is 0 Å². The summed E-state index contributed by atoms with van der Waals surface area (Å²) < 4.78 is 11.2. The summed E-state index contributed by atoms with van der Waals surface area (Å²) in [6.07, 6.45) is 1.60. The van der Waals surface area contributed by atoms with Gasteiger partial charge in [0.25, 0.3) is 5.91 Å². The van der Waals surface area contributed by atoms with Crippen molar-refractivity contribution in [2.75, 3.05) is 12.0 Å². The monoisotopic (exact) mass is 420 g/mol. The first kappa shape index (κ1) is 18.4.